The smallest absolute Gasteiger partial charge is 0.307 e. The van der Waals surface area contributed by atoms with Gasteiger partial charge in [0.25, 0.3) is 0 Å². The third kappa shape index (κ3) is 3.54. The van der Waals surface area contributed by atoms with Crippen LogP contribution in [0.2, 0.25) is 5.02 Å². The van der Waals surface area contributed by atoms with Crippen molar-refractivity contribution in [2.75, 3.05) is 24.2 Å². The number of esters is 1. The molecule has 0 atom stereocenters. The highest BCUT2D eigenvalue weighted by Crippen LogP contribution is 2.22. The third-order valence-electron chi connectivity index (χ3n) is 1.74. The lowest BCUT2D eigenvalue weighted by molar-refractivity contribution is -0.142. The number of hydrogen-bond donors (Lipinski definition) is 2. The summed E-state index contributed by atoms with van der Waals surface area (Å²) in [5.74, 6) is 0.349. The van der Waals surface area contributed by atoms with Crippen LogP contribution in [0.25, 0.3) is 0 Å². The van der Waals surface area contributed by atoms with Crippen LogP contribution < -0.4 is 11.1 Å². The molecule has 0 spiro atoms. The maximum absolute atomic E-state index is 11.0. The Labute approximate surface area is 98.2 Å². The second-order valence-corrected chi connectivity index (χ2v) is 3.28. The van der Waals surface area contributed by atoms with Gasteiger partial charge in [0.05, 0.1) is 13.0 Å². The zero-order chi connectivity index (χ0) is 12.0. The van der Waals surface area contributed by atoms with Gasteiger partial charge in [-0.1, -0.05) is 11.6 Å². The fourth-order valence-electron chi connectivity index (χ4n) is 1.02. The lowest BCUT2D eigenvalue weighted by Crippen LogP contribution is -2.12. The first kappa shape index (κ1) is 12.5. The minimum atomic E-state index is -0.270. The summed E-state index contributed by atoms with van der Waals surface area (Å²) in [6.45, 7) is 2.52. The molecule has 0 amide bonds. The van der Waals surface area contributed by atoms with Crippen LogP contribution in [0.3, 0.4) is 0 Å². The zero-order valence-electron chi connectivity index (χ0n) is 8.86. The van der Waals surface area contributed by atoms with Crippen LogP contribution >= 0.6 is 11.6 Å². The molecule has 88 valence electrons. The maximum atomic E-state index is 11.0. The van der Waals surface area contributed by atoms with Crippen LogP contribution in [-0.4, -0.2) is 29.1 Å². The topological polar surface area (TPSA) is 90.1 Å². The Morgan fingerprint density at radius 3 is 3.06 bits per heavy atom. The summed E-state index contributed by atoms with van der Waals surface area (Å²) < 4.78 is 4.76. The summed E-state index contributed by atoms with van der Waals surface area (Å²) in [5.41, 5.74) is 5.49. The molecular weight excluding hydrogens is 232 g/mol. The van der Waals surface area contributed by atoms with Crippen LogP contribution in [0, 0.1) is 0 Å². The Kier molecular flexibility index (Phi) is 4.78. The molecule has 0 fully saturated rings. The molecule has 0 saturated heterocycles. The number of halogens is 1. The number of nitrogens with zero attached hydrogens (tertiary/aromatic N) is 2. The molecule has 6 nitrogen and oxygen atoms in total. The molecule has 0 bridgehead atoms. The van der Waals surface area contributed by atoms with Crippen molar-refractivity contribution in [3.8, 4) is 0 Å². The number of carbonyl (C=O) groups excluding carboxylic acids is 1. The SMILES string of the molecule is CCOC(=O)CCNc1ncnc(N)c1Cl. The van der Waals surface area contributed by atoms with Gasteiger partial charge in [-0.2, -0.15) is 0 Å². The molecule has 7 heteroatoms. The van der Waals surface area contributed by atoms with Crippen molar-refractivity contribution in [3.63, 3.8) is 0 Å². The second-order valence-electron chi connectivity index (χ2n) is 2.90. The van der Waals surface area contributed by atoms with Gasteiger partial charge < -0.3 is 15.8 Å². The molecule has 0 aliphatic rings. The Hall–Kier alpha value is -1.56. The lowest BCUT2D eigenvalue weighted by Gasteiger charge is -2.07. The average molecular weight is 245 g/mol. The van der Waals surface area contributed by atoms with Crippen molar-refractivity contribution in [2.24, 2.45) is 0 Å². The number of anilines is 2. The average Bonchev–Trinajstić information content (AvgIpc) is 2.25. The van der Waals surface area contributed by atoms with Gasteiger partial charge >= 0.3 is 5.97 Å². The van der Waals surface area contributed by atoms with E-state index < -0.39 is 0 Å². The van der Waals surface area contributed by atoms with Crippen molar-refractivity contribution in [1.29, 1.82) is 0 Å². The van der Waals surface area contributed by atoms with E-state index in [0.717, 1.165) is 0 Å². The number of rotatable bonds is 5. The first-order valence-corrected chi connectivity index (χ1v) is 5.18. The number of hydrogen-bond acceptors (Lipinski definition) is 6. The van der Waals surface area contributed by atoms with Crippen LogP contribution in [-0.2, 0) is 9.53 Å². The van der Waals surface area contributed by atoms with Crippen molar-refractivity contribution in [1.82, 2.24) is 9.97 Å². The second kappa shape index (κ2) is 6.12. The van der Waals surface area contributed by atoms with Crippen molar-refractivity contribution >= 4 is 29.2 Å². The number of nitrogen functional groups attached to an aromatic ring is 1. The first-order chi connectivity index (χ1) is 7.65. The quantitative estimate of drug-likeness (QED) is 0.754. The number of aromatic nitrogens is 2. The summed E-state index contributed by atoms with van der Waals surface area (Å²) in [6.07, 6.45) is 1.54. The molecular formula is C9H13ClN4O2. The molecule has 16 heavy (non-hydrogen) atoms. The minimum absolute atomic E-state index is 0.204. The van der Waals surface area contributed by atoms with E-state index in [-0.39, 0.29) is 23.2 Å². The minimum Gasteiger partial charge on any atom is -0.466 e. The van der Waals surface area contributed by atoms with Gasteiger partial charge in [-0.25, -0.2) is 9.97 Å². The molecule has 0 aromatic carbocycles. The molecule has 0 unspecified atom stereocenters. The van der Waals surface area contributed by atoms with E-state index in [0.29, 0.717) is 19.0 Å². The largest absolute Gasteiger partial charge is 0.466 e. The third-order valence-corrected chi connectivity index (χ3v) is 2.12. The fourth-order valence-corrected chi connectivity index (χ4v) is 1.19. The Morgan fingerprint density at radius 1 is 1.62 bits per heavy atom. The van der Waals surface area contributed by atoms with Gasteiger partial charge in [-0.05, 0) is 6.92 Å². The monoisotopic (exact) mass is 244 g/mol. The van der Waals surface area contributed by atoms with Crippen LogP contribution in [0.1, 0.15) is 13.3 Å². The molecule has 0 radical (unpaired) electrons. The number of carbonyl (C=O) groups is 1. The molecule has 1 aromatic heterocycles. The summed E-state index contributed by atoms with van der Waals surface area (Å²) >= 11 is 5.84. The molecule has 0 saturated carbocycles. The summed E-state index contributed by atoms with van der Waals surface area (Å²) in [5, 5.41) is 3.14. The Bertz CT molecular complexity index is 373. The van der Waals surface area contributed by atoms with Crippen LogP contribution in [0.4, 0.5) is 11.6 Å². The Balaban J connectivity index is 2.43. The summed E-state index contributed by atoms with van der Waals surface area (Å²) in [7, 11) is 0. The van der Waals surface area contributed by atoms with E-state index in [9.17, 15) is 4.79 Å². The molecule has 1 rings (SSSR count). The van der Waals surface area contributed by atoms with E-state index in [2.05, 4.69) is 15.3 Å². The van der Waals surface area contributed by atoms with Crippen LogP contribution in [0.15, 0.2) is 6.33 Å². The van der Waals surface area contributed by atoms with E-state index in [4.69, 9.17) is 22.1 Å². The fraction of sp³-hybridized carbons (Fsp3) is 0.444. The first-order valence-electron chi connectivity index (χ1n) is 4.80. The van der Waals surface area contributed by atoms with E-state index >= 15 is 0 Å². The van der Waals surface area contributed by atoms with Gasteiger partial charge in [0.1, 0.15) is 23.0 Å². The van der Waals surface area contributed by atoms with Gasteiger partial charge in [0.15, 0.2) is 0 Å². The van der Waals surface area contributed by atoms with Crippen molar-refractivity contribution in [2.45, 2.75) is 13.3 Å². The van der Waals surface area contributed by atoms with Crippen LogP contribution in [0.5, 0.6) is 0 Å². The standard InChI is InChI=1S/C9H13ClN4O2/c1-2-16-6(15)3-4-12-9-7(10)8(11)13-5-14-9/h5H,2-4H2,1H3,(H3,11,12,13,14). The molecule has 0 aliphatic heterocycles. The lowest BCUT2D eigenvalue weighted by atomic mass is 10.4. The molecule has 1 heterocycles. The predicted octanol–water partition coefficient (Wildman–Crippen LogP) is 1.08. The van der Waals surface area contributed by atoms with Gasteiger partial charge in [-0.15, -0.1) is 0 Å². The summed E-state index contributed by atoms with van der Waals surface area (Å²) in [6, 6.07) is 0. The highest BCUT2D eigenvalue weighted by Gasteiger charge is 2.07. The van der Waals surface area contributed by atoms with Crippen molar-refractivity contribution < 1.29 is 9.53 Å². The maximum Gasteiger partial charge on any atom is 0.307 e. The molecule has 0 aliphatic carbocycles. The van der Waals surface area contributed by atoms with Gasteiger partial charge in [0, 0.05) is 6.54 Å². The Morgan fingerprint density at radius 2 is 2.38 bits per heavy atom. The van der Waals surface area contributed by atoms with E-state index in [1.165, 1.54) is 6.33 Å². The highest BCUT2D eigenvalue weighted by molar-refractivity contribution is 6.35. The number of nitrogens with one attached hydrogen (secondary N) is 1. The van der Waals surface area contributed by atoms with E-state index in [1.54, 1.807) is 6.92 Å². The van der Waals surface area contributed by atoms with E-state index in [1.807, 2.05) is 0 Å². The van der Waals surface area contributed by atoms with Gasteiger partial charge in [0.2, 0.25) is 0 Å². The van der Waals surface area contributed by atoms with Crippen molar-refractivity contribution in [3.05, 3.63) is 11.3 Å². The predicted molar refractivity (Wildman–Crippen MR) is 61.2 cm³/mol. The highest BCUT2D eigenvalue weighted by atomic mass is 35.5. The number of ether oxygens (including phenoxy) is 1. The van der Waals surface area contributed by atoms with Gasteiger partial charge in [-0.3, -0.25) is 4.79 Å². The molecule has 1 aromatic rings. The number of nitrogens with two attached hydrogens (primary N) is 1. The molecule has 3 N–H and O–H groups in total. The zero-order valence-corrected chi connectivity index (χ0v) is 9.62. The summed E-state index contributed by atoms with van der Waals surface area (Å²) in [4.78, 5) is 18.6. The normalized spacial score (nSPS) is 9.88.